The first-order valence-corrected chi connectivity index (χ1v) is 11.4. The van der Waals surface area contributed by atoms with Crippen LogP contribution in [0.3, 0.4) is 0 Å². The third-order valence-corrected chi connectivity index (χ3v) is 5.86. The summed E-state index contributed by atoms with van der Waals surface area (Å²) < 4.78 is 6.11. The number of halogens is 1. The number of aromatic nitrogens is 1. The van der Waals surface area contributed by atoms with Gasteiger partial charge < -0.3 is 20.7 Å². The van der Waals surface area contributed by atoms with Crippen molar-refractivity contribution in [1.82, 2.24) is 20.9 Å². The molecule has 1 heterocycles. The summed E-state index contributed by atoms with van der Waals surface area (Å²) in [5.41, 5.74) is 2.87. The van der Waals surface area contributed by atoms with Crippen LogP contribution in [0.25, 0.3) is 0 Å². The predicted octanol–water partition coefficient (Wildman–Crippen LogP) is 3.92. The molecule has 0 aliphatic heterocycles. The Kier molecular flexibility index (Phi) is 11.4. The van der Waals surface area contributed by atoms with E-state index in [1.54, 1.807) is 20.3 Å². The van der Waals surface area contributed by atoms with Crippen LogP contribution in [-0.2, 0) is 13.0 Å². The molecule has 1 aliphatic rings. The number of aliphatic imine (C=N–C) groups is 1. The van der Waals surface area contributed by atoms with Gasteiger partial charge in [-0.25, -0.2) is 4.98 Å². The van der Waals surface area contributed by atoms with Crippen molar-refractivity contribution in [3.8, 4) is 5.88 Å². The summed E-state index contributed by atoms with van der Waals surface area (Å²) in [6, 6.07) is 11.7. The zero-order chi connectivity index (χ0) is 22.8. The Morgan fingerprint density at radius 1 is 1.12 bits per heavy atom. The number of carbonyl (C=O) groups excluding carboxylic acids is 1. The quantitative estimate of drug-likeness (QED) is 0.257. The van der Waals surface area contributed by atoms with Gasteiger partial charge in [0, 0.05) is 45.0 Å². The van der Waals surface area contributed by atoms with Crippen LogP contribution in [0.15, 0.2) is 47.6 Å². The molecule has 1 aromatic carbocycles. The van der Waals surface area contributed by atoms with Crippen LogP contribution in [0.1, 0.15) is 54.1 Å². The zero-order valence-corrected chi connectivity index (χ0v) is 22.1. The minimum atomic E-state index is -0.0731. The molecule has 0 spiro atoms. The van der Waals surface area contributed by atoms with Crippen LogP contribution in [0.4, 0.5) is 0 Å². The Labute approximate surface area is 214 Å². The van der Waals surface area contributed by atoms with E-state index >= 15 is 0 Å². The van der Waals surface area contributed by atoms with E-state index in [9.17, 15) is 4.79 Å². The van der Waals surface area contributed by atoms with Gasteiger partial charge in [-0.3, -0.25) is 9.79 Å². The number of nitrogens with one attached hydrogen (secondary N) is 3. The summed E-state index contributed by atoms with van der Waals surface area (Å²) in [6.45, 7) is 3.65. The molecule has 3 rings (SSSR count). The second-order valence-corrected chi connectivity index (χ2v) is 8.38. The number of pyridine rings is 1. The van der Waals surface area contributed by atoms with Gasteiger partial charge in [0.2, 0.25) is 5.88 Å². The summed E-state index contributed by atoms with van der Waals surface area (Å²) in [7, 11) is 3.40. The first kappa shape index (κ1) is 26.9. The summed E-state index contributed by atoms with van der Waals surface area (Å²) in [4.78, 5) is 20.5. The molecule has 1 saturated carbocycles. The smallest absolute Gasteiger partial charge is 0.251 e. The predicted molar refractivity (Wildman–Crippen MR) is 143 cm³/mol. The van der Waals surface area contributed by atoms with E-state index in [2.05, 4.69) is 32.9 Å². The highest BCUT2D eigenvalue weighted by atomic mass is 127. The number of rotatable bonds is 8. The van der Waals surface area contributed by atoms with Gasteiger partial charge in [0.15, 0.2) is 5.96 Å². The maximum absolute atomic E-state index is 11.8. The van der Waals surface area contributed by atoms with Crippen molar-refractivity contribution in [3.05, 3.63) is 59.3 Å². The van der Waals surface area contributed by atoms with Crippen molar-refractivity contribution >= 4 is 35.8 Å². The van der Waals surface area contributed by atoms with Crippen LogP contribution >= 0.6 is 24.0 Å². The van der Waals surface area contributed by atoms with Crippen molar-refractivity contribution in [2.75, 3.05) is 20.6 Å². The van der Waals surface area contributed by atoms with Crippen LogP contribution in [-0.4, -0.2) is 43.6 Å². The molecule has 1 fully saturated rings. The molecule has 8 heteroatoms. The summed E-state index contributed by atoms with van der Waals surface area (Å²) in [5.74, 6) is 2.16. The first-order valence-electron chi connectivity index (χ1n) is 11.4. The van der Waals surface area contributed by atoms with Gasteiger partial charge in [-0.1, -0.05) is 19.1 Å². The van der Waals surface area contributed by atoms with Crippen molar-refractivity contribution in [2.24, 2.45) is 10.9 Å². The Balaban J connectivity index is 0.00000385. The third kappa shape index (κ3) is 8.83. The highest BCUT2D eigenvalue weighted by Gasteiger charge is 2.19. The average Bonchev–Trinajstić information content (AvgIpc) is 2.82. The van der Waals surface area contributed by atoms with Crippen molar-refractivity contribution in [1.29, 1.82) is 0 Å². The summed E-state index contributed by atoms with van der Waals surface area (Å²) in [5, 5.41) is 9.32. The topological polar surface area (TPSA) is 87.6 Å². The fourth-order valence-electron chi connectivity index (χ4n) is 3.89. The number of amides is 1. The molecule has 1 aliphatic carbocycles. The molecule has 1 amide bonds. The molecule has 0 radical (unpaired) electrons. The Morgan fingerprint density at radius 3 is 2.64 bits per heavy atom. The van der Waals surface area contributed by atoms with Gasteiger partial charge in [-0.15, -0.1) is 24.0 Å². The molecule has 0 bridgehead atoms. The molecule has 0 unspecified atom stereocenters. The van der Waals surface area contributed by atoms with Crippen LogP contribution in [0, 0.1) is 5.92 Å². The maximum atomic E-state index is 11.8. The van der Waals surface area contributed by atoms with Gasteiger partial charge in [0.05, 0.1) is 0 Å². The number of hydrogen-bond acceptors (Lipinski definition) is 4. The molecule has 2 aromatic rings. The van der Waals surface area contributed by atoms with Crippen LogP contribution in [0.2, 0.25) is 0 Å². The minimum absolute atomic E-state index is 0. The number of nitrogens with zero attached hydrogens (tertiary/aromatic N) is 2. The number of carbonyl (C=O) groups is 1. The van der Waals surface area contributed by atoms with E-state index in [4.69, 9.17) is 4.74 Å². The standard InChI is InChI=1S/C25H35N5O2.HI/c1-18-7-9-22(10-8-18)32-23-16-20(12-13-28-23)17-30-25(27-3)29-14-11-19-5-4-6-21(15-19)24(31)26-2;/h4-6,12-13,15-16,18,22H,7-11,14,17H2,1-3H3,(H,26,31)(H2,27,29,30);1H. The van der Waals surface area contributed by atoms with Crippen molar-refractivity contribution < 1.29 is 9.53 Å². The number of guanidine groups is 1. The Hall–Kier alpha value is -2.36. The SMILES string of the molecule is CN=C(NCCc1cccc(C(=O)NC)c1)NCc1ccnc(OC2CCC(C)CC2)c1.I. The molecule has 33 heavy (non-hydrogen) atoms. The van der Waals surface area contributed by atoms with Crippen LogP contribution in [0.5, 0.6) is 5.88 Å². The lowest BCUT2D eigenvalue weighted by Gasteiger charge is -2.26. The fourth-order valence-corrected chi connectivity index (χ4v) is 3.89. The van der Waals surface area contributed by atoms with E-state index in [0.29, 0.717) is 24.5 Å². The lowest BCUT2D eigenvalue weighted by Crippen LogP contribution is -2.37. The molecule has 0 saturated heterocycles. The van der Waals surface area contributed by atoms with Gasteiger partial charge in [-0.05, 0) is 67.3 Å². The van der Waals surface area contributed by atoms with Crippen molar-refractivity contribution in [2.45, 2.75) is 51.7 Å². The first-order chi connectivity index (χ1) is 15.6. The largest absolute Gasteiger partial charge is 0.474 e. The molecule has 1 aromatic heterocycles. The second-order valence-electron chi connectivity index (χ2n) is 8.38. The Morgan fingerprint density at radius 2 is 1.91 bits per heavy atom. The van der Waals surface area contributed by atoms with Crippen molar-refractivity contribution in [3.63, 3.8) is 0 Å². The highest BCUT2D eigenvalue weighted by molar-refractivity contribution is 14.0. The lowest BCUT2D eigenvalue weighted by atomic mass is 9.89. The number of hydrogen-bond donors (Lipinski definition) is 3. The second kappa shape index (κ2) is 14.0. The van der Waals surface area contributed by atoms with E-state index in [1.807, 2.05) is 36.4 Å². The molecular formula is C25H36IN5O2. The maximum Gasteiger partial charge on any atom is 0.251 e. The van der Waals surface area contributed by atoms with Gasteiger partial charge in [-0.2, -0.15) is 0 Å². The fraction of sp³-hybridized carbons (Fsp3) is 0.480. The average molecular weight is 566 g/mol. The van der Waals surface area contributed by atoms with Gasteiger partial charge >= 0.3 is 0 Å². The molecule has 7 nitrogen and oxygen atoms in total. The zero-order valence-electron chi connectivity index (χ0n) is 19.8. The summed E-state index contributed by atoms with van der Waals surface area (Å²) in [6.07, 6.45) is 7.53. The lowest BCUT2D eigenvalue weighted by molar-refractivity contribution is 0.0963. The summed E-state index contributed by atoms with van der Waals surface area (Å²) >= 11 is 0. The van der Waals surface area contributed by atoms with Gasteiger partial charge in [0.25, 0.3) is 5.91 Å². The van der Waals surface area contributed by atoms with E-state index in [1.165, 1.54) is 12.8 Å². The monoisotopic (exact) mass is 565 g/mol. The molecule has 0 atom stereocenters. The third-order valence-electron chi connectivity index (χ3n) is 5.86. The minimum Gasteiger partial charge on any atom is -0.474 e. The van der Waals surface area contributed by atoms with Crippen LogP contribution < -0.4 is 20.7 Å². The highest BCUT2D eigenvalue weighted by Crippen LogP contribution is 2.26. The van der Waals surface area contributed by atoms with E-state index in [0.717, 1.165) is 42.3 Å². The molecule has 3 N–H and O–H groups in total. The number of benzene rings is 1. The normalized spacial score (nSPS) is 18.1. The Bertz CT molecular complexity index is 913. The van der Waals surface area contributed by atoms with Gasteiger partial charge in [0.1, 0.15) is 6.10 Å². The van der Waals surface area contributed by atoms with E-state index in [-0.39, 0.29) is 36.0 Å². The molecular weight excluding hydrogens is 529 g/mol. The number of ether oxygens (including phenoxy) is 1. The molecule has 180 valence electrons. The van der Waals surface area contributed by atoms with E-state index < -0.39 is 0 Å².